The van der Waals surface area contributed by atoms with Crippen LogP contribution in [0.5, 0.6) is 0 Å². The SMILES string of the molecule is NNC(CC1CC2CCC1C2)C1CCCCC1C(F)(F)F. The zero-order valence-electron chi connectivity index (χ0n) is 12.5. The molecular formula is C16H27F3N2. The maximum atomic E-state index is 13.3. The van der Waals surface area contributed by atoms with Crippen LogP contribution >= 0.6 is 0 Å². The quantitative estimate of drug-likeness (QED) is 0.608. The van der Waals surface area contributed by atoms with E-state index in [9.17, 15) is 13.2 Å². The lowest BCUT2D eigenvalue weighted by atomic mass is 9.71. The summed E-state index contributed by atoms with van der Waals surface area (Å²) in [6, 6.07) is -0.165. The molecule has 3 saturated carbocycles. The second kappa shape index (κ2) is 6.07. The predicted octanol–water partition coefficient (Wildman–Crippen LogP) is 4.01. The summed E-state index contributed by atoms with van der Waals surface area (Å²) in [5, 5.41) is 0. The fraction of sp³-hybridized carbons (Fsp3) is 1.00. The molecule has 0 radical (unpaired) electrons. The van der Waals surface area contributed by atoms with Crippen molar-refractivity contribution in [1.29, 1.82) is 0 Å². The molecule has 0 amide bonds. The van der Waals surface area contributed by atoms with Gasteiger partial charge in [-0.25, -0.2) is 0 Å². The van der Waals surface area contributed by atoms with Crippen LogP contribution in [-0.2, 0) is 0 Å². The second-order valence-electron chi connectivity index (χ2n) is 7.54. The van der Waals surface area contributed by atoms with E-state index in [0.717, 1.165) is 24.7 Å². The molecule has 2 bridgehead atoms. The molecule has 3 aliphatic carbocycles. The molecule has 6 atom stereocenters. The van der Waals surface area contributed by atoms with Gasteiger partial charge in [0.25, 0.3) is 0 Å². The Morgan fingerprint density at radius 3 is 2.38 bits per heavy atom. The van der Waals surface area contributed by atoms with E-state index < -0.39 is 12.1 Å². The van der Waals surface area contributed by atoms with Crippen molar-refractivity contribution in [3.63, 3.8) is 0 Å². The summed E-state index contributed by atoms with van der Waals surface area (Å²) < 4.78 is 39.8. The van der Waals surface area contributed by atoms with Gasteiger partial charge in [-0.15, -0.1) is 0 Å². The van der Waals surface area contributed by atoms with Crippen molar-refractivity contribution in [3.8, 4) is 0 Å². The largest absolute Gasteiger partial charge is 0.392 e. The number of fused-ring (bicyclic) bond motifs is 2. The van der Waals surface area contributed by atoms with Crippen molar-refractivity contribution in [2.24, 2.45) is 35.4 Å². The van der Waals surface area contributed by atoms with Crippen molar-refractivity contribution in [3.05, 3.63) is 0 Å². The van der Waals surface area contributed by atoms with Crippen molar-refractivity contribution < 1.29 is 13.2 Å². The highest BCUT2D eigenvalue weighted by Gasteiger charge is 2.49. The summed E-state index contributed by atoms with van der Waals surface area (Å²) >= 11 is 0. The molecule has 122 valence electrons. The highest BCUT2D eigenvalue weighted by molar-refractivity contribution is 4.95. The average Bonchev–Trinajstić information content (AvgIpc) is 3.06. The monoisotopic (exact) mass is 304 g/mol. The number of rotatable bonds is 4. The van der Waals surface area contributed by atoms with Gasteiger partial charge in [0.05, 0.1) is 5.92 Å². The zero-order chi connectivity index (χ0) is 15.0. The minimum atomic E-state index is -4.07. The van der Waals surface area contributed by atoms with Crippen molar-refractivity contribution in [2.45, 2.75) is 70.0 Å². The number of nitrogens with one attached hydrogen (secondary N) is 1. The molecule has 3 aliphatic rings. The zero-order valence-corrected chi connectivity index (χ0v) is 12.5. The second-order valence-corrected chi connectivity index (χ2v) is 7.54. The number of hydrogen-bond donors (Lipinski definition) is 2. The van der Waals surface area contributed by atoms with Crippen LogP contribution in [0.15, 0.2) is 0 Å². The minimum Gasteiger partial charge on any atom is -0.271 e. The van der Waals surface area contributed by atoms with Crippen LogP contribution in [0.25, 0.3) is 0 Å². The lowest BCUT2D eigenvalue weighted by molar-refractivity contribution is -0.200. The van der Waals surface area contributed by atoms with E-state index in [2.05, 4.69) is 5.43 Å². The third kappa shape index (κ3) is 3.24. The molecule has 0 saturated heterocycles. The van der Waals surface area contributed by atoms with E-state index in [1.54, 1.807) is 0 Å². The molecule has 0 aromatic carbocycles. The van der Waals surface area contributed by atoms with Crippen LogP contribution in [0, 0.1) is 29.6 Å². The van der Waals surface area contributed by atoms with Gasteiger partial charge in [0, 0.05) is 6.04 Å². The first-order valence-corrected chi connectivity index (χ1v) is 8.52. The van der Waals surface area contributed by atoms with Gasteiger partial charge in [0.1, 0.15) is 0 Å². The molecule has 0 spiro atoms. The molecule has 0 aromatic heterocycles. The van der Waals surface area contributed by atoms with Crippen LogP contribution in [0.2, 0.25) is 0 Å². The maximum Gasteiger partial charge on any atom is 0.392 e. The molecule has 0 heterocycles. The van der Waals surface area contributed by atoms with E-state index >= 15 is 0 Å². The number of halogens is 3. The number of hydrogen-bond acceptors (Lipinski definition) is 2. The Kier molecular flexibility index (Phi) is 4.51. The normalized spacial score (nSPS) is 41.4. The molecule has 0 aromatic rings. The lowest BCUT2D eigenvalue weighted by Crippen LogP contribution is -2.49. The molecular weight excluding hydrogens is 277 g/mol. The van der Waals surface area contributed by atoms with Gasteiger partial charge in [-0.05, 0) is 62.2 Å². The minimum absolute atomic E-state index is 0.165. The first-order chi connectivity index (χ1) is 9.99. The Balaban J connectivity index is 1.66. The molecule has 0 aliphatic heterocycles. The van der Waals surface area contributed by atoms with E-state index in [1.807, 2.05) is 0 Å². The summed E-state index contributed by atoms with van der Waals surface area (Å²) in [4.78, 5) is 0. The summed E-state index contributed by atoms with van der Waals surface area (Å²) in [6.07, 6.45) is 4.45. The van der Waals surface area contributed by atoms with Gasteiger partial charge in [0.15, 0.2) is 0 Å². The van der Waals surface area contributed by atoms with Crippen molar-refractivity contribution in [2.75, 3.05) is 0 Å². The molecule has 3 N–H and O–H groups in total. The highest BCUT2D eigenvalue weighted by Crippen LogP contribution is 2.51. The van der Waals surface area contributed by atoms with Crippen molar-refractivity contribution in [1.82, 2.24) is 5.43 Å². The number of alkyl halides is 3. The van der Waals surface area contributed by atoms with E-state index in [1.165, 1.54) is 25.7 Å². The third-order valence-corrected chi connectivity index (χ3v) is 6.41. The van der Waals surface area contributed by atoms with Crippen LogP contribution in [0.4, 0.5) is 13.2 Å². The smallest absolute Gasteiger partial charge is 0.271 e. The standard InChI is InChI=1S/C16H27F3N2/c17-16(18,19)14-4-2-1-3-13(14)15(21-20)9-12-8-10-5-6-11(12)7-10/h10-15,21H,1-9,20H2. The predicted molar refractivity (Wildman–Crippen MR) is 76.2 cm³/mol. The maximum absolute atomic E-state index is 13.3. The lowest BCUT2D eigenvalue weighted by Gasteiger charge is -2.39. The molecule has 21 heavy (non-hydrogen) atoms. The Hall–Kier alpha value is -0.290. The van der Waals surface area contributed by atoms with E-state index in [4.69, 9.17) is 5.84 Å². The summed E-state index contributed by atoms with van der Waals surface area (Å²) in [5.41, 5.74) is 2.76. The topological polar surface area (TPSA) is 38.0 Å². The van der Waals surface area contributed by atoms with Crippen LogP contribution in [0.3, 0.4) is 0 Å². The molecule has 5 heteroatoms. The summed E-state index contributed by atoms with van der Waals surface area (Å²) in [6.45, 7) is 0. The van der Waals surface area contributed by atoms with Crippen LogP contribution < -0.4 is 11.3 Å². The Labute approximate surface area is 125 Å². The Morgan fingerprint density at radius 2 is 1.81 bits per heavy atom. The Morgan fingerprint density at radius 1 is 1.05 bits per heavy atom. The molecule has 6 unspecified atom stereocenters. The van der Waals surface area contributed by atoms with Gasteiger partial charge in [0.2, 0.25) is 0 Å². The van der Waals surface area contributed by atoms with Gasteiger partial charge in [-0.3, -0.25) is 11.3 Å². The van der Waals surface area contributed by atoms with E-state index in [0.29, 0.717) is 18.8 Å². The average molecular weight is 304 g/mol. The fourth-order valence-electron chi connectivity index (χ4n) is 5.41. The fourth-order valence-corrected chi connectivity index (χ4v) is 5.41. The van der Waals surface area contributed by atoms with Crippen LogP contribution in [-0.4, -0.2) is 12.2 Å². The van der Waals surface area contributed by atoms with Crippen molar-refractivity contribution >= 4 is 0 Å². The third-order valence-electron chi connectivity index (χ3n) is 6.41. The highest BCUT2D eigenvalue weighted by atomic mass is 19.4. The molecule has 3 rings (SSSR count). The van der Waals surface area contributed by atoms with Crippen LogP contribution in [0.1, 0.15) is 57.8 Å². The Bertz CT molecular complexity index is 358. The molecule has 2 nitrogen and oxygen atoms in total. The van der Waals surface area contributed by atoms with E-state index in [-0.39, 0.29) is 18.4 Å². The summed E-state index contributed by atoms with van der Waals surface area (Å²) in [7, 11) is 0. The molecule has 3 fully saturated rings. The van der Waals surface area contributed by atoms with Gasteiger partial charge in [-0.1, -0.05) is 19.3 Å². The first kappa shape index (κ1) is 15.6. The summed E-state index contributed by atoms with van der Waals surface area (Å²) in [5.74, 6) is 6.36. The number of hydrazine groups is 1. The van der Waals surface area contributed by atoms with Gasteiger partial charge in [-0.2, -0.15) is 13.2 Å². The van der Waals surface area contributed by atoms with Gasteiger partial charge >= 0.3 is 6.18 Å². The first-order valence-electron chi connectivity index (χ1n) is 8.52. The van der Waals surface area contributed by atoms with Gasteiger partial charge < -0.3 is 0 Å². The number of nitrogens with two attached hydrogens (primary N) is 1.